The van der Waals surface area contributed by atoms with Crippen molar-refractivity contribution in [3.05, 3.63) is 35.4 Å². The molecular weight excluding hydrogens is 232 g/mol. The maximum Gasteiger partial charge on any atom is 0.315 e. The largest absolute Gasteiger partial charge is 0.481 e. The Balaban J connectivity index is 2.19. The van der Waals surface area contributed by atoms with Crippen LogP contribution in [0.15, 0.2) is 24.3 Å². The Hall–Kier alpha value is -2.04. The Morgan fingerprint density at radius 2 is 2.06 bits per heavy atom. The molecule has 2 amide bonds. The molecule has 3 N–H and O–H groups in total. The lowest BCUT2D eigenvalue weighted by molar-refractivity contribution is -0.137. The quantitative estimate of drug-likeness (QED) is 0.672. The van der Waals surface area contributed by atoms with Gasteiger partial charge in [-0.1, -0.05) is 29.8 Å². The van der Waals surface area contributed by atoms with Gasteiger partial charge in [0.25, 0.3) is 0 Å². The molecular formula is C13H18N2O3. The summed E-state index contributed by atoms with van der Waals surface area (Å²) in [5.74, 6) is -0.850. The molecule has 0 aromatic heterocycles. The molecule has 0 atom stereocenters. The monoisotopic (exact) mass is 250 g/mol. The number of urea groups is 1. The van der Waals surface area contributed by atoms with Crippen molar-refractivity contribution in [3.63, 3.8) is 0 Å². The Morgan fingerprint density at radius 1 is 1.28 bits per heavy atom. The number of benzene rings is 1. The minimum Gasteiger partial charge on any atom is -0.481 e. The standard InChI is InChI=1S/C13H18N2O3/c1-10-4-2-5-11(8-10)9-15-13(18)14-7-3-6-12(16)17/h2,4-5,8H,3,6-7,9H2,1H3,(H,16,17)(H2,14,15,18). The first-order valence-corrected chi connectivity index (χ1v) is 5.87. The highest BCUT2D eigenvalue weighted by Gasteiger charge is 2.01. The van der Waals surface area contributed by atoms with E-state index in [-0.39, 0.29) is 12.5 Å². The molecule has 0 radical (unpaired) electrons. The lowest BCUT2D eigenvalue weighted by Gasteiger charge is -2.07. The van der Waals surface area contributed by atoms with Crippen LogP contribution in [0.5, 0.6) is 0 Å². The predicted octanol–water partition coefficient (Wildman–Crippen LogP) is 1.66. The number of aliphatic carboxylic acids is 1. The molecule has 0 heterocycles. The number of carboxylic acids is 1. The highest BCUT2D eigenvalue weighted by molar-refractivity contribution is 5.73. The van der Waals surface area contributed by atoms with Crippen LogP contribution in [0.1, 0.15) is 24.0 Å². The number of nitrogens with one attached hydrogen (secondary N) is 2. The number of carbonyl (C=O) groups is 2. The van der Waals surface area contributed by atoms with Crippen molar-refractivity contribution in [1.82, 2.24) is 10.6 Å². The van der Waals surface area contributed by atoms with Gasteiger partial charge in [0.2, 0.25) is 0 Å². The molecule has 1 rings (SSSR count). The summed E-state index contributed by atoms with van der Waals surface area (Å²) in [7, 11) is 0. The van der Waals surface area contributed by atoms with Crippen LogP contribution < -0.4 is 10.6 Å². The second kappa shape index (κ2) is 7.32. The molecule has 0 aliphatic heterocycles. The molecule has 98 valence electrons. The second-order valence-electron chi connectivity index (χ2n) is 4.10. The molecule has 0 saturated carbocycles. The van der Waals surface area contributed by atoms with E-state index < -0.39 is 5.97 Å². The molecule has 1 aromatic rings. The number of rotatable bonds is 6. The number of hydrogen-bond donors (Lipinski definition) is 3. The van der Waals surface area contributed by atoms with Gasteiger partial charge in [0.15, 0.2) is 0 Å². The van der Waals surface area contributed by atoms with Gasteiger partial charge in [-0.3, -0.25) is 4.79 Å². The summed E-state index contributed by atoms with van der Waals surface area (Å²) in [6, 6.07) is 7.61. The van der Waals surface area contributed by atoms with E-state index in [9.17, 15) is 9.59 Å². The Bertz CT molecular complexity index is 418. The summed E-state index contributed by atoms with van der Waals surface area (Å²) in [4.78, 5) is 21.6. The summed E-state index contributed by atoms with van der Waals surface area (Å²) < 4.78 is 0. The average Bonchev–Trinajstić information content (AvgIpc) is 2.32. The lowest BCUT2D eigenvalue weighted by Crippen LogP contribution is -2.35. The highest BCUT2D eigenvalue weighted by Crippen LogP contribution is 2.02. The fourth-order valence-electron chi connectivity index (χ4n) is 1.51. The SMILES string of the molecule is Cc1cccc(CNC(=O)NCCCC(=O)O)c1. The molecule has 0 spiro atoms. The number of aryl methyl sites for hydroxylation is 1. The lowest BCUT2D eigenvalue weighted by atomic mass is 10.1. The van der Waals surface area contributed by atoms with E-state index in [2.05, 4.69) is 10.6 Å². The zero-order valence-corrected chi connectivity index (χ0v) is 10.4. The third-order valence-corrected chi connectivity index (χ3v) is 2.39. The summed E-state index contributed by atoms with van der Waals surface area (Å²) in [6.07, 6.45) is 0.505. The van der Waals surface area contributed by atoms with Crippen LogP contribution in [-0.4, -0.2) is 23.7 Å². The molecule has 1 aromatic carbocycles. The van der Waals surface area contributed by atoms with Crippen LogP contribution in [0, 0.1) is 6.92 Å². The van der Waals surface area contributed by atoms with E-state index in [1.807, 2.05) is 31.2 Å². The molecule has 0 bridgehead atoms. The number of carboxylic acid groups (broad SMARTS) is 1. The summed E-state index contributed by atoms with van der Waals surface area (Å²) >= 11 is 0. The first kappa shape index (κ1) is 14.0. The highest BCUT2D eigenvalue weighted by atomic mass is 16.4. The van der Waals surface area contributed by atoms with Crippen molar-refractivity contribution < 1.29 is 14.7 Å². The van der Waals surface area contributed by atoms with E-state index in [1.54, 1.807) is 0 Å². The Kier molecular flexibility index (Phi) is 5.70. The fraction of sp³-hybridized carbons (Fsp3) is 0.385. The van der Waals surface area contributed by atoms with Gasteiger partial charge in [-0.25, -0.2) is 4.79 Å². The number of amides is 2. The Morgan fingerprint density at radius 3 is 2.72 bits per heavy atom. The zero-order valence-electron chi connectivity index (χ0n) is 10.4. The van der Waals surface area contributed by atoms with Gasteiger partial charge < -0.3 is 15.7 Å². The summed E-state index contributed by atoms with van der Waals surface area (Å²) in [5, 5.41) is 13.8. The second-order valence-corrected chi connectivity index (χ2v) is 4.10. The van der Waals surface area contributed by atoms with Crippen molar-refractivity contribution in [3.8, 4) is 0 Å². The van der Waals surface area contributed by atoms with Crippen LogP contribution in [-0.2, 0) is 11.3 Å². The van der Waals surface area contributed by atoms with Crippen molar-refractivity contribution >= 4 is 12.0 Å². The van der Waals surface area contributed by atoms with Crippen molar-refractivity contribution in [2.45, 2.75) is 26.3 Å². The van der Waals surface area contributed by atoms with E-state index in [4.69, 9.17) is 5.11 Å². The van der Waals surface area contributed by atoms with E-state index in [0.717, 1.165) is 11.1 Å². The van der Waals surface area contributed by atoms with Gasteiger partial charge >= 0.3 is 12.0 Å². The molecule has 0 fully saturated rings. The van der Waals surface area contributed by atoms with Gasteiger partial charge in [0.05, 0.1) is 0 Å². The maximum absolute atomic E-state index is 11.4. The smallest absolute Gasteiger partial charge is 0.315 e. The first-order chi connectivity index (χ1) is 8.58. The molecule has 0 aliphatic rings. The van der Waals surface area contributed by atoms with Gasteiger partial charge in [0.1, 0.15) is 0 Å². The summed E-state index contributed by atoms with van der Waals surface area (Å²) in [5.41, 5.74) is 2.19. The third-order valence-electron chi connectivity index (χ3n) is 2.39. The molecule has 0 unspecified atom stereocenters. The fourth-order valence-corrected chi connectivity index (χ4v) is 1.51. The number of hydrogen-bond acceptors (Lipinski definition) is 2. The van der Waals surface area contributed by atoms with Crippen molar-refractivity contribution in [1.29, 1.82) is 0 Å². The van der Waals surface area contributed by atoms with Crippen LogP contribution in [0.2, 0.25) is 0 Å². The van der Waals surface area contributed by atoms with Gasteiger partial charge in [-0.15, -0.1) is 0 Å². The summed E-state index contributed by atoms with van der Waals surface area (Å²) in [6.45, 7) is 2.83. The van der Waals surface area contributed by atoms with Gasteiger partial charge in [-0.2, -0.15) is 0 Å². The number of carbonyl (C=O) groups excluding carboxylic acids is 1. The molecule has 5 heteroatoms. The minimum absolute atomic E-state index is 0.0676. The zero-order chi connectivity index (χ0) is 13.4. The van der Waals surface area contributed by atoms with Crippen LogP contribution in [0.25, 0.3) is 0 Å². The van der Waals surface area contributed by atoms with Crippen LogP contribution in [0.4, 0.5) is 4.79 Å². The first-order valence-electron chi connectivity index (χ1n) is 5.87. The normalized spacial score (nSPS) is 9.83. The minimum atomic E-state index is -0.850. The molecule has 0 saturated heterocycles. The van der Waals surface area contributed by atoms with Crippen LogP contribution in [0.3, 0.4) is 0 Å². The average molecular weight is 250 g/mol. The van der Waals surface area contributed by atoms with E-state index >= 15 is 0 Å². The molecule has 0 aliphatic carbocycles. The Labute approximate surface area is 106 Å². The van der Waals surface area contributed by atoms with E-state index in [1.165, 1.54) is 0 Å². The molecule has 18 heavy (non-hydrogen) atoms. The van der Waals surface area contributed by atoms with E-state index in [0.29, 0.717) is 19.5 Å². The van der Waals surface area contributed by atoms with Gasteiger partial charge in [0, 0.05) is 19.5 Å². The van der Waals surface area contributed by atoms with Crippen molar-refractivity contribution in [2.75, 3.05) is 6.54 Å². The maximum atomic E-state index is 11.4. The third kappa shape index (κ3) is 5.89. The molecule has 5 nitrogen and oxygen atoms in total. The van der Waals surface area contributed by atoms with Crippen molar-refractivity contribution in [2.24, 2.45) is 0 Å². The van der Waals surface area contributed by atoms with Crippen LogP contribution >= 0.6 is 0 Å². The van der Waals surface area contributed by atoms with Gasteiger partial charge in [-0.05, 0) is 18.9 Å². The topological polar surface area (TPSA) is 78.4 Å². The predicted molar refractivity (Wildman–Crippen MR) is 68.3 cm³/mol.